The van der Waals surface area contributed by atoms with Crippen LogP contribution in [-0.2, 0) is 15.7 Å². The highest BCUT2D eigenvalue weighted by Gasteiger charge is 2.30. The quantitative estimate of drug-likeness (QED) is 0.800. The number of ether oxygens (including phenoxy) is 3. The zero-order valence-electron chi connectivity index (χ0n) is 14.7. The first-order valence-corrected chi connectivity index (χ1v) is 8.33. The van der Waals surface area contributed by atoms with Crippen LogP contribution in [-0.4, -0.2) is 31.2 Å². The van der Waals surface area contributed by atoms with Gasteiger partial charge in [-0.3, -0.25) is 4.79 Å². The number of halogens is 3. The molecule has 1 aliphatic heterocycles. The first kappa shape index (κ1) is 19.5. The number of alkyl halides is 3. The van der Waals surface area contributed by atoms with Crippen molar-refractivity contribution in [1.82, 2.24) is 0 Å². The number of rotatable bonds is 4. The van der Waals surface area contributed by atoms with Gasteiger partial charge in [-0.2, -0.15) is 13.2 Å². The Bertz CT molecular complexity index is 880. The van der Waals surface area contributed by atoms with Gasteiger partial charge in [0.1, 0.15) is 13.2 Å². The van der Waals surface area contributed by atoms with E-state index in [9.17, 15) is 22.8 Å². The van der Waals surface area contributed by atoms with E-state index in [0.29, 0.717) is 24.7 Å². The summed E-state index contributed by atoms with van der Waals surface area (Å²) < 4.78 is 53.5. The van der Waals surface area contributed by atoms with Crippen LogP contribution in [0.5, 0.6) is 11.5 Å². The second-order valence-corrected chi connectivity index (χ2v) is 5.97. The first-order valence-electron chi connectivity index (χ1n) is 8.33. The maximum atomic E-state index is 12.6. The predicted octanol–water partition coefficient (Wildman–Crippen LogP) is 3.66. The van der Waals surface area contributed by atoms with Gasteiger partial charge in [0.2, 0.25) is 0 Å². The Morgan fingerprint density at radius 3 is 2.32 bits per heavy atom. The largest absolute Gasteiger partial charge is 0.486 e. The summed E-state index contributed by atoms with van der Waals surface area (Å²) in [6, 6.07) is 8.45. The summed E-state index contributed by atoms with van der Waals surface area (Å²) in [5, 5.41) is 2.40. The highest BCUT2D eigenvalue weighted by atomic mass is 19.4. The third kappa shape index (κ3) is 4.54. The van der Waals surface area contributed by atoms with Gasteiger partial charge in [0.05, 0.1) is 11.1 Å². The van der Waals surface area contributed by atoms with Gasteiger partial charge in [0.15, 0.2) is 17.6 Å². The lowest BCUT2D eigenvalue weighted by Gasteiger charge is -2.19. The lowest BCUT2D eigenvalue weighted by atomic mass is 10.2. The van der Waals surface area contributed by atoms with Crippen LogP contribution in [0.2, 0.25) is 0 Å². The summed E-state index contributed by atoms with van der Waals surface area (Å²) in [6.07, 6.45) is -5.63. The van der Waals surface area contributed by atoms with E-state index in [2.05, 4.69) is 5.32 Å². The molecule has 0 radical (unpaired) electrons. The average molecular weight is 395 g/mol. The number of esters is 1. The molecular weight excluding hydrogens is 379 g/mol. The zero-order valence-corrected chi connectivity index (χ0v) is 14.7. The van der Waals surface area contributed by atoms with Gasteiger partial charge in [-0.05, 0) is 49.4 Å². The molecule has 0 aliphatic carbocycles. The summed E-state index contributed by atoms with van der Waals surface area (Å²) in [4.78, 5) is 24.4. The van der Waals surface area contributed by atoms with Gasteiger partial charge in [0, 0.05) is 5.69 Å². The molecule has 1 atom stereocenters. The predicted molar refractivity (Wildman–Crippen MR) is 92.4 cm³/mol. The molecule has 1 heterocycles. The van der Waals surface area contributed by atoms with Gasteiger partial charge in [0.25, 0.3) is 5.91 Å². The summed E-state index contributed by atoms with van der Waals surface area (Å²) in [6.45, 7) is 2.13. The molecular formula is C19H16F3NO5. The molecule has 148 valence electrons. The molecule has 6 nitrogen and oxygen atoms in total. The van der Waals surface area contributed by atoms with Crippen LogP contribution in [0.3, 0.4) is 0 Å². The number of fused-ring (bicyclic) bond motifs is 1. The maximum Gasteiger partial charge on any atom is 0.416 e. The van der Waals surface area contributed by atoms with E-state index in [1.54, 1.807) is 6.07 Å². The van der Waals surface area contributed by atoms with Crippen LogP contribution in [0.15, 0.2) is 42.5 Å². The van der Waals surface area contributed by atoms with Gasteiger partial charge in [-0.1, -0.05) is 0 Å². The number of hydrogen-bond donors (Lipinski definition) is 1. The average Bonchev–Trinajstić information content (AvgIpc) is 2.67. The van der Waals surface area contributed by atoms with Crippen molar-refractivity contribution < 1.29 is 37.0 Å². The molecule has 0 saturated heterocycles. The van der Waals surface area contributed by atoms with E-state index in [-0.39, 0.29) is 11.3 Å². The Kier molecular flexibility index (Phi) is 5.43. The normalized spacial score (nSPS) is 14.1. The van der Waals surface area contributed by atoms with Crippen molar-refractivity contribution in [1.29, 1.82) is 0 Å². The van der Waals surface area contributed by atoms with Gasteiger partial charge in [-0.25, -0.2) is 4.79 Å². The second-order valence-electron chi connectivity index (χ2n) is 5.97. The number of amides is 1. The zero-order chi connectivity index (χ0) is 20.3. The highest BCUT2D eigenvalue weighted by Crippen LogP contribution is 2.31. The van der Waals surface area contributed by atoms with Crippen LogP contribution in [0, 0.1) is 0 Å². The Morgan fingerprint density at radius 1 is 1.04 bits per heavy atom. The summed E-state index contributed by atoms with van der Waals surface area (Å²) in [7, 11) is 0. The van der Waals surface area contributed by atoms with E-state index in [1.165, 1.54) is 19.1 Å². The third-order valence-electron chi connectivity index (χ3n) is 3.91. The van der Waals surface area contributed by atoms with Crippen molar-refractivity contribution in [2.45, 2.75) is 19.2 Å². The molecule has 0 bridgehead atoms. The Balaban J connectivity index is 1.60. The van der Waals surface area contributed by atoms with Crippen LogP contribution in [0.1, 0.15) is 22.8 Å². The smallest absolute Gasteiger partial charge is 0.416 e. The fraction of sp³-hybridized carbons (Fsp3) is 0.263. The maximum absolute atomic E-state index is 12.6. The van der Waals surface area contributed by atoms with Crippen LogP contribution >= 0.6 is 0 Å². The van der Waals surface area contributed by atoms with Crippen molar-refractivity contribution in [2.75, 3.05) is 18.5 Å². The van der Waals surface area contributed by atoms with Crippen molar-refractivity contribution >= 4 is 17.6 Å². The Hall–Kier alpha value is -3.23. The Labute approximate surface area is 158 Å². The van der Waals surface area contributed by atoms with Crippen molar-refractivity contribution in [3.63, 3.8) is 0 Å². The molecule has 28 heavy (non-hydrogen) atoms. The molecule has 1 amide bonds. The fourth-order valence-electron chi connectivity index (χ4n) is 2.44. The van der Waals surface area contributed by atoms with Gasteiger partial charge < -0.3 is 19.5 Å². The summed E-state index contributed by atoms with van der Waals surface area (Å²) in [5.74, 6) is -0.504. The first-order chi connectivity index (χ1) is 13.2. The topological polar surface area (TPSA) is 73.9 Å². The van der Waals surface area contributed by atoms with E-state index >= 15 is 0 Å². The van der Waals surface area contributed by atoms with Crippen molar-refractivity contribution in [3.8, 4) is 11.5 Å². The molecule has 0 spiro atoms. The standard InChI is InChI=1S/C19H16F3NO5/c1-11(17(24)23-14-5-3-13(4-6-14)19(20,21)22)28-18(25)12-2-7-15-16(10-12)27-9-8-26-15/h2-7,10-11H,8-9H2,1H3,(H,23,24)/t11-/m0/s1. The number of benzene rings is 2. The van der Waals surface area contributed by atoms with Crippen LogP contribution < -0.4 is 14.8 Å². The van der Waals surface area contributed by atoms with E-state index in [4.69, 9.17) is 14.2 Å². The van der Waals surface area contributed by atoms with E-state index in [1.807, 2.05) is 0 Å². The Morgan fingerprint density at radius 2 is 1.68 bits per heavy atom. The molecule has 0 saturated carbocycles. The lowest BCUT2D eigenvalue weighted by Crippen LogP contribution is -2.30. The lowest BCUT2D eigenvalue weighted by molar-refractivity contribution is -0.137. The molecule has 1 aliphatic rings. The van der Waals surface area contributed by atoms with Crippen molar-refractivity contribution in [3.05, 3.63) is 53.6 Å². The van der Waals surface area contributed by atoms with Gasteiger partial charge in [-0.15, -0.1) is 0 Å². The number of nitrogens with one attached hydrogen (secondary N) is 1. The molecule has 0 unspecified atom stereocenters. The minimum absolute atomic E-state index is 0.153. The van der Waals surface area contributed by atoms with Crippen LogP contribution in [0.4, 0.5) is 18.9 Å². The fourth-order valence-corrected chi connectivity index (χ4v) is 2.44. The number of anilines is 1. The molecule has 3 rings (SSSR count). The van der Waals surface area contributed by atoms with E-state index in [0.717, 1.165) is 24.3 Å². The summed E-state index contributed by atoms with van der Waals surface area (Å²) in [5.41, 5.74) is -0.498. The monoisotopic (exact) mass is 395 g/mol. The molecule has 9 heteroatoms. The summed E-state index contributed by atoms with van der Waals surface area (Å²) >= 11 is 0. The van der Waals surface area contributed by atoms with Crippen molar-refractivity contribution in [2.24, 2.45) is 0 Å². The van der Waals surface area contributed by atoms with E-state index < -0.39 is 29.7 Å². The molecule has 0 aromatic heterocycles. The number of hydrogen-bond acceptors (Lipinski definition) is 5. The number of carbonyl (C=O) groups is 2. The minimum atomic E-state index is -4.46. The highest BCUT2D eigenvalue weighted by molar-refractivity contribution is 5.97. The van der Waals surface area contributed by atoms with Gasteiger partial charge >= 0.3 is 12.1 Å². The number of carbonyl (C=O) groups excluding carboxylic acids is 2. The molecule has 1 N–H and O–H groups in total. The second kappa shape index (κ2) is 7.79. The van der Waals surface area contributed by atoms with Crippen LogP contribution in [0.25, 0.3) is 0 Å². The molecule has 0 fully saturated rings. The molecule has 2 aromatic rings. The minimum Gasteiger partial charge on any atom is -0.486 e. The molecule has 2 aromatic carbocycles. The third-order valence-corrected chi connectivity index (χ3v) is 3.91. The SMILES string of the molecule is C[C@H](OC(=O)c1ccc2c(c1)OCCO2)C(=O)Nc1ccc(C(F)(F)F)cc1.